The van der Waals surface area contributed by atoms with Gasteiger partial charge < -0.3 is 10.3 Å². The van der Waals surface area contributed by atoms with E-state index in [9.17, 15) is 4.79 Å². The van der Waals surface area contributed by atoms with Crippen LogP contribution in [0.4, 0.5) is 0 Å². The number of aromatic amines is 1. The third-order valence-electron chi connectivity index (χ3n) is 2.25. The largest absolute Gasteiger partial charge is 0.316 e. The highest BCUT2D eigenvalue weighted by Crippen LogP contribution is 2.29. The molecule has 0 radical (unpaired) electrons. The third-order valence-corrected chi connectivity index (χ3v) is 3.49. The first-order chi connectivity index (χ1) is 8.69. The molecule has 2 aromatic rings. The Morgan fingerprint density at radius 2 is 2.28 bits per heavy atom. The van der Waals surface area contributed by atoms with Crippen molar-refractivity contribution in [2.75, 3.05) is 7.05 Å². The van der Waals surface area contributed by atoms with Gasteiger partial charge in [0, 0.05) is 28.7 Å². The molecule has 0 bridgehead atoms. The minimum absolute atomic E-state index is 0.162. The van der Waals surface area contributed by atoms with Crippen molar-refractivity contribution in [3.63, 3.8) is 0 Å². The minimum atomic E-state index is -0.162. The lowest BCUT2D eigenvalue weighted by Crippen LogP contribution is -2.07. The highest BCUT2D eigenvalue weighted by molar-refractivity contribution is 7.99. The molecular formula is C12H12ClN3OS. The highest BCUT2D eigenvalue weighted by Gasteiger charge is 2.06. The van der Waals surface area contributed by atoms with Crippen molar-refractivity contribution in [2.24, 2.45) is 0 Å². The van der Waals surface area contributed by atoms with Crippen LogP contribution in [0.15, 0.2) is 45.3 Å². The molecule has 1 heterocycles. The summed E-state index contributed by atoms with van der Waals surface area (Å²) in [5.74, 6) is 0. The van der Waals surface area contributed by atoms with Crippen molar-refractivity contribution in [3.05, 3.63) is 51.4 Å². The minimum Gasteiger partial charge on any atom is -0.316 e. The molecule has 0 spiro atoms. The number of H-pyrrole nitrogens is 1. The van der Waals surface area contributed by atoms with Gasteiger partial charge in [0.2, 0.25) is 0 Å². The topological polar surface area (TPSA) is 57.8 Å². The molecule has 94 valence electrons. The van der Waals surface area contributed by atoms with Crippen LogP contribution in [0.25, 0.3) is 0 Å². The first kappa shape index (κ1) is 13.1. The van der Waals surface area contributed by atoms with E-state index in [1.807, 2.05) is 25.2 Å². The number of hydrogen-bond acceptors (Lipinski definition) is 4. The van der Waals surface area contributed by atoms with Crippen LogP contribution >= 0.6 is 23.4 Å². The van der Waals surface area contributed by atoms with Gasteiger partial charge in [-0.3, -0.25) is 4.79 Å². The van der Waals surface area contributed by atoms with Gasteiger partial charge in [0.1, 0.15) is 0 Å². The van der Waals surface area contributed by atoms with Crippen molar-refractivity contribution < 1.29 is 0 Å². The Bertz CT molecular complexity index is 600. The van der Waals surface area contributed by atoms with Crippen molar-refractivity contribution in [1.82, 2.24) is 15.3 Å². The van der Waals surface area contributed by atoms with Gasteiger partial charge in [-0.05, 0) is 24.7 Å². The second-order valence-corrected chi connectivity index (χ2v) is 5.09. The maximum absolute atomic E-state index is 11.2. The second kappa shape index (κ2) is 6.04. The zero-order chi connectivity index (χ0) is 13.0. The van der Waals surface area contributed by atoms with E-state index in [0.29, 0.717) is 10.2 Å². The molecule has 6 heteroatoms. The summed E-state index contributed by atoms with van der Waals surface area (Å²) in [5, 5.41) is 4.31. The van der Waals surface area contributed by atoms with Crippen LogP contribution in [0, 0.1) is 0 Å². The maximum Gasteiger partial charge on any atom is 0.251 e. The van der Waals surface area contributed by atoms with Crippen molar-refractivity contribution in [2.45, 2.75) is 16.6 Å². The third kappa shape index (κ3) is 3.35. The predicted molar refractivity (Wildman–Crippen MR) is 73.2 cm³/mol. The Hall–Kier alpha value is -1.30. The molecule has 0 aliphatic carbocycles. The summed E-state index contributed by atoms with van der Waals surface area (Å²) in [7, 11) is 1.88. The fourth-order valence-corrected chi connectivity index (χ4v) is 2.64. The van der Waals surface area contributed by atoms with Crippen LogP contribution in [0.5, 0.6) is 0 Å². The number of nitrogens with zero attached hydrogens (tertiary/aromatic N) is 1. The van der Waals surface area contributed by atoms with Crippen LogP contribution in [-0.4, -0.2) is 17.0 Å². The monoisotopic (exact) mass is 281 g/mol. The van der Waals surface area contributed by atoms with Gasteiger partial charge in [-0.15, -0.1) is 0 Å². The van der Waals surface area contributed by atoms with Crippen LogP contribution in [0.3, 0.4) is 0 Å². The quantitative estimate of drug-likeness (QED) is 0.845. The summed E-state index contributed by atoms with van der Waals surface area (Å²) in [6.45, 7) is 0.733. The van der Waals surface area contributed by atoms with Gasteiger partial charge in [-0.25, -0.2) is 4.98 Å². The lowest BCUT2D eigenvalue weighted by molar-refractivity contribution is 0.802. The number of aromatic nitrogens is 2. The molecule has 1 aromatic heterocycles. The fraction of sp³-hybridized carbons (Fsp3) is 0.167. The van der Waals surface area contributed by atoms with E-state index < -0.39 is 0 Å². The Kier molecular flexibility index (Phi) is 4.41. The number of hydrogen-bond donors (Lipinski definition) is 2. The highest BCUT2D eigenvalue weighted by atomic mass is 35.5. The normalized spacial score (nSPS) is 10.6. The predicted octanol–water partition coefficient (Wildman–Crippen LogP) is 2.29. The number of nitrogens with one attached hydrogen (secondary N) is 2. The molecule has 0 saturated heterocycles. The first-order valence-electron chi connectivity index (χ1n) is 5.35. The van der Waals surface area contributed by atoms with E-state index in [1.54, 1.807) is 0 Å². The molecule has 0 amide bonds. The molecule has 0 aliphatic rings. The maximum atomic E-state index is 11.2. The van der Waals surface area contributed by atoms with Crippen molar-refractivity contribution >= 4 is 23.4 Å². The molecule has 18 heavy (non-hydrogen) atoms. The Morgan fingerprint density at radius 3 is 3.00 bits per heavy atom. The van der Waals surface area contributed by atoms with E-state index >= 15 is 0 Å². The number of rotatable bonds is 4. The Balaban J connectivity index is 2.32. The molecule has 1 aromatic carbocycles. The molecule has 0 fully saturated rings. The van der Waals surface area contributed by atoms with E-state index in [2.05, 4.69) is 15.3 Å². The number of benzene rings is 1. The van der Waals surface area contributed by atoms with E-state index in [-0.39, 0.29) is 5.56 Å². The van der Waals surface area contributed by atoms with Gasteiger partial charge in [-0.1, -0.05) is 29.4 Å². The zero-order valence-corrected chi connectivity index (χ0v) is 11.3. The smallest absolute Gasteiger partial charge is 0.251 e. The van der Waals surface area contributed by atoms with Crippen LogP contribution in [-0.2, 0) is 6.54 Å². The first-order valence-corrected chi connectivity index (χ1v) is 6.54. The number of halogens is 1. The summed E-state index contributed by atoms with van der Waals surface area (Å²) in [5.41, 5.74) is 0.947. The summed E-state index contributed by atoms with van der Waals surface area (Å²) in [6, 6.07) is 7.06. The van der Waals surface area contributed by atoms with Gasteiger partial charge in [0.15, 0.2) is 5.16 Å². The summed E-state index contributed by atoms with van der Waals surface area (Å²) in [4.78, 5) is 19.0. The molecule has 0 saturated carbocycles. The van der Waals surface area contributed by atoms with Gasteiger partial charge in [-0.2, -0.15) is 0 Å². The molecular weight excluding hydrogens is 270 g/mol. The fourth-order valence-electron chi connectivity index (χ4n) is 1.47. The summed E-state index contributed by atoms with van der Waals surface area (Å²) >= 11 is 7.38. The van der Waals surface area contributed by atoms with Crippen molar-refractivity contribution in [3.8, 4) is 0 Å². The van der Waals surface area contributed by atoms with E-state index in [4.69, 9.17) is 11.6 Å². The lowest BCUT2D eigenvalue weighted by Gasteiger charge is -2.08. The SMILES string of the molecule is CNCc1ccc(Cl)cc1Sc1nccc(=O)[nH]1. The molecule has 0 aliphatic heterocycles. The van der Waals surface area contributed by atoms with Crippen LogP contribution < -0.4 is 10.9 Å². The zero-order valence-electron chi connectivity index (χ0n) is 9.74. The van der Waals surface area contributed by atoms with Crippen molar-refractivity contribution in [1.29, 1.82) is 0 Å². The van der Waals surface area contributed by atoms with E-state index in [1.165, 1.54) is 24.0 Å². The van der Waals surface area contributed by atoms with Crippen LogP contribution in [0.1, 0.15) is 5.56 Å². The van der Waals surface area contributed by atoms with Crippen LogP contribution in [0.2, 0.25) is 5.02 Å². The van der Waals surface area contributed by atoms with Gasteiger partial charge in [0.25, 0.3) is 5.56 Å². The summed E-state index contributed by atoms with van der Waals surface area (Å²) < 4.78 is 0. The molecule has 0 atom stereocenters. The standard InChI is InChI=1S/C12H12ClN3OS/c1-14-7-8-2-3-9(13)6-10(8)18-12-15-5-4-11(17)16-12/h2-6,14H,7H2,1H3,(H,15,16,17). The Labute approximate surface area is 114 Å². The molecule has 0 unspecified atom stereocenters. The molecule has 2 rings (SSSR count). The van der Waals surface area contributed by atoms with E-state index in [0.717, 1.165) is 17.0 Å². The van der Waals surface area contributed by atoms with Gasteiger partial charge in [0.05, 0.1) is 0 Å². The average molecular weight is 282 g/mol. The van der Waals surface area contributed by atoms with Gasteiger partial charge >= 0.3 is 0 Å². The summed E-state index contributed by atoms with van der Waals surface area (Å²) in [6.07, 6.45) is 1.49. The lowest BCUT2D eigenvalue weighted by atomic mass is 10.2. The Morgan fingerprint density at radius 1 is 1.44 bits per heavy atom. The average Bonchev–Trinajstić information content (AvgIpc) is 2.33. The second-order valence-electron chi connectivity index (χ2n) is 3.62. The molecule has 2 N–H and O–H groups in total. The molecule has 4 nitrogen and oxygen atoms in total.